The molecule has 0 saturated heterocycles. The number of nitrogens with zero attached hydrogens (tertiary/aromatic N) is 4. The molecule has 0 aliphatic carbocycles. The number of para-hydroxylation sites is 1. The number of methoxy groups -OCH3 is 1. The summed E-state index contributed by atoms with van der Waals surface area (Å²) in [5.74, 6) is 0.483. The Bertz CT molecular complexity index is 2710. The van der Waals surface area contributed by atoms with Gasteiger partial charge in [0.15, 0.2) is 4.80 Å². The van der Waals surface area contributed by atoms with Crippen LogP contribution in [0.2, 0.25) is 0 Å². The second-order valence-corrected chi connectivity index (χ2v) is 13.8. The second kappa shape index (κ2) is 13.2. The van der Waals surface area contributed by atoms with E-state index in [0.717, 1.165) is 32.8 Å². The van der Waals surface area contributed by atoms with Gasteiger partial charge in [-0.1, -0.05) is 102 Å². The Kier molecular flexibility index (Phi) is 8.40. The molecule has 7 aromatic rings. The zero-order chi connectivity index (χ0) is 35.2. The maximum Gasteiger partial charge on any atom is 0.271 e. The first-order valence-corrected chi connectivity index (χ1v) is 18.1. The van der Waals surface area contributed by atoms with Crippen LogP contribution >= 0.6 is 11.3 Å². The molecular formula is C43H38N4O3S. The van der Waals surface area contributed by atoms with Crippen LogP contribution in [0, 0.1) is 0 Å². The third-order valence-corrected chi connectivity index (χ3v) is 11.0. The van der Waals surface area contributed by atoms with E-state index < -0.39 is 6.04 Å². The first-order chi connectivity index (χ1) is 24.9. The van der Waals surface area contributed by atoms with Crippen molar-refractivity contribution in [1.82, 2.24) is 14.0 Å². The molecule has 51 heavy (non-hydrogen) atoms. The zero-order valence-electron chi connectivity index (χ0n) is 29.1. The molecule has 0 radical (unpaired) electrons. The van der Waals surface area contributed by atoms with Gasteiger partial charge >= 0.3 is 0 Å². The average Bonchev–Trinajstić information content (AvgIpc) is 3.66. The van der Waals surface area contributed by atoms with Crippen LogP contribution in [0.4, 0.5) is 0 Å². The lowest BCUT2D eigenvalue weighted by Crippen LogP contribution is -2.43. The van der Waals surface area contributed by atoms with E-state index >= 15 is 0 Å². The van der Waals surface area contributed by atoms with Crippen molar-refractivity contribution in [1.29, 1.82) is 0 Å². The highest BCUT2D eigenvalue weighted by molar-refractivity contribution is 7.07. The number of aromatic nitrogens is 2. The van der Waals surface area contributed by atoms with Gasteiger partial charge in [-0.15, -0.1) is 0 Å². The number of ether oxygens (including phenoxy) is 1. The first kappa shape index (κ1) is 32.5. The van der Waals surface area contributed by atoms with Gasteiger partial charge in [0.1, 0.15) is 11.8 Å². The number of rotatable bonds is 8. The summed E-state index contributed by atoms with van der Waals surface area (Å²) in [6.07, 6.45) is 4.12. The molecule has 0 spiro atoms. The van der Waals surface area contributed by atoms with Gasteiger partial charge in [0.05, 0.1) is 22.9 Å². The lowest BCUT2D eigenvalue weighted by Gasteiger charge is -2.30. The number of carbonyl (C=O) groups excluding carboxylic acids is 1. The highest BCUT2D eigenvalue weighted by atomic mass is 32.1. The maximum atomic E-state index is 14.8. The van der Waals surface area contributed by atoms with Crippen LogP contribution in [0.25, 0.3) is 38.5 Å². The van der Waals surface area contributed by atoms with E-state index in [2.05, 4.69) is 65.4 Å². The smallest absolute Gasteiger partial charge is 0.271 e. The summed E-state index contributed by atoms with van der Waals surface area (Å²) in [6.45, 7) is 7.58. The van der Waals surface area contributed by atoms with Crippen LogP contribution in [-0.2, 0) is 11.3 Å². The van der Waals surface area contributed by atoms with Gasteiger partial charge in [0.25, 0.3) is 11.5 Å². The quantitative estimate of drug-likeness (QED) is 0.167. The van der Waals surface area contributed by atoms with Crippen LogP contribution < -0.4 is 19.6 Å². The average molecular weight is 691 g/mol. The van der Waals surface area contributed by atoms with Crippen LogP contribution in [0.5, 0.6) is 5.75 Å². The molecular weight excluding hydrogens is 653 g/mol. The number of amides is 1. The lowest BCUT2D eigenvalue weighted by atomic mass is 9.90. The number of allylic oxidation sites excluding steroid dienone is 1. The summed E-state index contributed by atoms with van der Waals surface area (Å²) in [7, 11) is 1.63. The predicted molar refractivity (Wildman–Crippen MR) is 207 cm³/mol. The van der Waals surface area contributed by atoms with Gasteiger partial charge in [0.2, 0.25) is 0 Å². The van der Waals surface area contributed by atoms with Gasteiger partial charge in [-0.3, -0.25) is 14.2 Å². The standard InChI is InChI=1S/C43H38N4O3S/c1-5-45(6-2)42(49)38-27(3)44-43-47(40(38)39-34-20-10-8-15-29(34)22-23-36(39)50-4)41(48)37(51-43)24-31-26-46(35-21-12-11-19-33(31)35)25-30-17-13-16-28-14-7-9-18-32(28)30/h7-24,26,40H,5-6,25H2,1-4H3/b37-24+/t40-/m1/s1. The zero-order valence-corrected chi connectivity index (χ0v) is 29.9. The molecule has 8 rings (SSSR count). The van der Waals surface area contributed by atoms with Crippen molar-refractivity contribution < 1.29 is 9.53 Å². The Morgan fingerprint density at radius 1 is 0.863 bits per heavy atom. The Morgan fingerprint density at radius 2 is 1.53 bits per heavy atom. The predicted octanol–water partition coefficient (Wildman–Crippen LogP) is 7.42. The summed E-state index contributed by atoms with van der Waals surface area (Å²) < 4.78 is 10.5. The summed E-state index contributed by atoms with van der Waals surface area (Å²) >= 11 is 1.35. The molecule has 1 aliphatic heterocycles. The molecule has 1 atom stereocenters. The molecule has 3 heterocycles. The Hall–Kier alpha value is -5.73. The second-order valence-electron chi connectivity index (χ2n) is 12.8. The van der Waals surface area contributed by atoms with Crippen molar-refractivity contribution in [3.8, 4) is 5.75 Å². The fourth-order valence-electron chi connectivity index (χ4n) is 7.56. The van der Waals surface area contributed by atoms with E-state index in [1.54, 1.807) is 16.6 Å². The SMILES string of the molecule is CCN(CC)C(=O)C1=C(C)N=c2s/c(=C/c3cn(Cc4cccc5ccccc45)c4ccccc34)c(=O)n2[C@H]1c1c(OC)ccc2ccccc12. The van der Waals surface area contributed by atoms with Crippen molar-refractivity contribution in [2.75, 3.05) is 20.2 Å². The monoisotopic (exact) mass is 690 g/mol. The molecule has 0 saturated carbocycles. The molecule has 5 aromatic carbocycles. The van der Waals surface area contributed by atoms with E-state index in [0.29, 0.717) is 46.0 Å². The van der Waals surface area contributed by atoms with Crippen LogP contribution in [0.3, 0.4) is 0 Å². The molecule has 0 fully saturated rings. The minimum Gasteiger partial charge on any atom is -0.496 e. The largest absolute Gasteiger partial charge is 0.496 e. The summed E-state index contributed by atoms with van der Waals surface area (Å²) in [5, 5.41) is 5.41. The Labute approximate surface area is 299 Å². The molecule has 1 amide bonds. The van der Waals surface area contributed by atoms with E-state index in [-0.39, 0.29) is 11.5 Å². The minimum absolute atomic E-state index is 0.132. The van der Waals surface area contributed by atoms with Crippen LogP contribution in [-0.4, -0.2) is 40.1 Å². The maximum absolute atomic E-state index is 14.8. The highest BCUT2D eigenvalue weighted by Gasteiger charge is 2.36. The van der Waals surface area contributed by atoms with Crippen LogP contribution in [0.1, 0.15) is 43.5 Å². The van der Waals surface area contributed by atoms with Gasteiger partial charge < -0.3 is 14.2 Å². The number of hydrogen-bond acceptors (Lipinski definition) is 5. The third-order valence-electron chi connectivity index (χ3n) is 10.1. The van der Waals surface area contributed by atoms with Crippen molar-refractivity contribution >= 4 is 55.8 Å². The van der Waals surface area contributed by atoms with Crippen molar-refractivity contribution in [3.63, 3.8) is 0 Å². The van der Waals surface area contributed by atoms with Gasteiger partial charge in [-0.25, -0.2) is 4.99 Å². The fourth-order valence-corrected chi connectivity index (χ4v) is 8.60. The van der Waals surface area contributed by atoms with Crippen molar-refractivity contribution in [2.24, 2.45) is 4.99 Å². The third kappa shape index (κ3) is 5.47. The minimum atomic E-state index is -0.731. The summed E-state index contributed by atoms with van der Waals surface area (Å²) in [5.41, 5.74) is 4.94. The molecule has 0 N–H and O–H groups in total. The lowest BCUT2D eigenvalue weighted by molar-refractivity contribution is -0.127. The van der Waals surface area contributed by atoms with Crippen LogP contribution in [0.15, 0.2) is 130 Å². The normalized spacial score (nSPS) is 14.7. The molecule has 8 heteroatoms. The number of carbonyl (C=O) groups is 1. The number of likely N-dealkylation sites (N-methyl/N-ethyl adjacent to an activating group) is 1. The topological polar surface area (TPSA) is 68.8 Å². The number of benzene rings is 5. The molecule has 7 nitrogen and oxygen atoms in total. The first-order valence-electron chi connectivity index (χ1n) is 17.3. The van der Waals surface area contributed by atoms with E-state index in [1.165, 1.54) is 27.7 Å². The number of thiazole rings is 1. The van der Waals surface area contributed by atoms with Gasteiger partial charge in [0, 0.05) is 47.9 Å². The summed E-state index contributed by atoms with van der Waals surface area (Å²) in [6, 6.07) is 34.4. The van der Waals surface area contributed by atoms with Gasteiger partial charge in [-0.2, -0.15) is 0 Å². The Morgan fingerprint density at radius 3 is 2.27 bits per heavy atom. The highest BCUT2D eigenvalue weighted by Crippen LogP contribution is 2.40. The van der Waals surface area contributed by atoms with E-state index in [1.807, 2.05) is 75.4 Å². The fraction of sp³-hybridized carbons (Fsp3) is 0.186. The molecule has 0 bridgehead atoms. The summed E-state index contributed by atoms with van der Waals surface area (Å²) in [4.78, 5) is 36.4. The van der Waals surface area contributed by atoms with E-state index in [9.17, 15) is 9.59 Å². The van der Waals surface area contributed by atoms with E-state index in [4.69, 9.17) is 9.73 Å². The molecule has 1 aliphatic rings. The van der Waals surface area contributed by atoms with Crippen molar-refractivity contribution in [2.45, 2.75) is 33.4 Å². The number of hydrogen-bond donors (Lipinski definition) is 0. The Balaban J connectivity index is 1.34. The number of fused-ring (bicyclic) bond motifs is 4. The molecule has 254 valence electrons. The molecule has 0 unspecified atom stereocenters. The van der Waals surface area contributed by atoms with Crippen molar-refractivity contribution in [3.05, 3.63) is 157 Å². The van der Waals surface area contributed by atoms with Gasteiger partial charge in [-0.05, 0) is 66.1 Å². The molecule has 2 aromatic heterocycles.